The van der Waals surface area contributed by atoms with Gasteiger partial charge in [0, 0.05) is 11.4 Å². The number of amides is 2. The van der Waals surface area contributed by atoms with E-state index in [4.69, 9.17) is 0 Å². The number of nitrogens with one attached hydrogen (secondary N) is 2. The minimum absolute atomic E-state index is 0.0927. The molecule has 0 unspecified atom stereocenters. The van der Waals surface area contributed by atoms with Gasteiger partial charge in [-0.2, -0.15) is 0 Å². The lowest BCUT2D eigenvalue weighted by atomic mass is 10.1. The quantitative estimate of drug-likeness (QED) is 0.782. The lowest BCUT2D eigenvalue weighted by Crippen LogP contribution is -2.19. The second-order valence-corrected chi connectivity index (χ2v) is 6.88. The molecule has 0 fully saturated rings. The van der Waals surface area contributed by atoms with Gasteiger partial charge in [-0.25, -0.2) is 0 Å². The van der Waals surface area contributed by atoms with Crippen LogP contribution in [0, 0.1) is 13.8 Å². The Morgan fingerprint density at radius 1 is 0.920 bits per heavy atom. The Balaban J connectivity index is 1.76. The summed E-state index contributed by atoms with van der Waals surface area (Å²) < 4.78 is 0. The van der Waals surface area contributed by atoms with Gasteiger partial charge in [-0.05, 0) is 55.2 Å². The molecule has 0 aromatic heterocycles. The van der Waals surface area contributed by atoms with Crippen LogP contribution < -0.4 is 10.6 Å². The zero-order chi connectivity index (χ0) is 18.2. The third kappa shape index (κ3) is 5.94. The number of para-hydroxylation sites is 1. The first-order valence-corrected chi connectivity index (χ1v) is 9.47. The van der Waals surface area contributed by atoms with Crippen molar-refractivity contribution >= 4 is 35.0 Å². The van der Waals surface area contributed by atoms with Crippen molar-refractivity contribution < 1.29 is 9.59 Å². The number of anilines is 2. The van der Waals surface area contributed by atoms with Gasteiger partial charge in [-0.1, -0.05) is 31.2 Å². The van der Waals surface area contributed by atoms with Gasteiger partial charge in [0.25, 0.3) is 0 Å². The fourth-order valence-electron chi connectivity index (χ4n) is 2.39. The van der Waals surface area contributed by atoms with Crippen LogP contribution in [-0.4, -0.2) is 23.3 Å². The molecule has 0 spiro atoms. The van der Waals surface area contributed by atoms with Crippen molar-refractivity contribution in [3.8, 4) is 0 Å². The van der Waals surface area contributed by atoms with Crippen molar-refractivity contribution in [2.24, 2.45) is 0 Å². The molecule has 0 aliphatic rings. The first kappa shape index (κ1) is 19.1. The third-order valence-corrected chi connectivity index (χ3v) is 4.86. The summed E-state index contributed by atoms with van der Waals surface area (Å²) in [6.45, 7) is 6.10. The summed E-state index contributed by atoms with van der Waals surface area (Å²) in [7, 11) is 0. The summed E-state index contributed by atoms with van der Waals surface area (Å²) in [4.78, 5) is 24.0. The normalized spacial score (nSPS) is 10.4. The molecule has 0 atom stereocenters. The molecule has 2 rings (SSSR count). The SMILES string of the molecule is CCc1ccccc1NC(=O)CSCC(=O)Nc1ccc(C)c(C)c1. The van der Waals surface area contributed by atoms with Crippen LogP contribution >= 0.6 is 11.8 Å². The topological polar surface area (TPSA) is 58.2 Å². The number of thioether (sulfide) groups is 1. The Kier molecular flexibility index (Phi) is 7.07. The lowest BCUT2D eigenvalue weighted by molar-refractivity contribution is -0.114. The Bertz CT molecular complexity index is 759. The van der Waals surface area contributed by atoms with Crippen LogP contribution in [0.15, 0.2) is 42.5 Å². The molecule has 0 saturated heterocycles. The van der Waals surface area contributed by atoms with Gasteiger partial charge in [0.1, 0.15) is 0 Å². The summed E-state index contributed by atoms with van der Waals surface area (Å²) in [5, 5.41) is 5.77. The average Bonchev–Trinajstić information content (AvgIpc) is 2.58. The van der Waals surface area contributed by atoms with Crippen molar-refractivity contribution in [2.75, 3.05) is 22.1 Å². The van der Waals surface area contributed by atoms with Crippen molar-refractivity contribution in [1.82, 2.24) is 0 Å². The third-order valence-electron chi connectivity index (χ3n) is 3.93. The van der Waals surface area contributed by atoms with Crippen LogP contribution in [0.4, 0.5) is 11.4 Å². The Labute approximate surface area is 153 Å². The van der Waals surface area contributed by atoms with Crippen LogP contribution in [0.25, 0.3) is 0 Å². The van der Waals surface area contributed by atoms with Crippen molar-refractivity contribution in [1.29, 1.82) is 0 Å². The van der Waals surface area contributed by atoms with Crippen molar-refractivity contribution in [3.63, 3.8) is 0 Å². The monoisotopic (exact) mass is 356 g/mol. The van der Waals surface area contributed by atoms with E-state index >= 15 is 0 Å². The van der Waals surface area contributed by atoms with Crippen LogP contribution in [0.5, 0.6) is 0 Å². The second kappa shape index (κ2) is 9.28. The Morgan fingerprint density at radius 2 is 1.60 bits per heavy atom. The molecule has 132 valence electrons. The fraction of sp³-hybridized carbons (Fsp3) is 0.300. The van der Waals surface area contributed by atoms with E-state index < -0.39 is 0 Å². The predicted molar refractivity (Wildman–Crippen MR) is 106 cm³/mol. The summed E-state index contributed by atoms with van der Waals surface area (Å²) in [6, 6.07) is 13.6. The molecule has 2 aromatic rings. The molecular weight excluding hydrogens is 332 g/mol. The van der Waals surface area contributed by atoms with Crippen LogP contribution in [0.1, 0.15) is 23.6 Å². The standard InChI is InChI=1S/C20H24N2O2S/c1-4-16-7-5-6-8-18(16)22-20(24)13-25-12-19(23)21-17-10-9-14(2)15(3)11-17/h5-11H,4,12-13H2,1-3H3,(H,21,23)(H,22,24). The number of hydrogen-bond acceptors (Lipinski definition) is 3. The van der Waals surface area contributed by atoms with Gasteiger partial charge in [0.15, 0.2) is 0 Å². The minimum atomic E-state index is -0.102. The molecule has 2 amide bonds. The number of carbonyl (C=O) groups excluding carboxylic acids is 2. The van der Waals surface area contributed by atoms with Gasteiger partial charge in [-0.15, -0.1) is 11.8 Å². The van der Waals surface area contributed by atoms with E-state index in [1.165, 1.54) is 17.3 Å². The van der Waals surface area contributed by atoms with Gasteiger partial charge < -0.3 is 10.6 Å². The number of rotatable bonds is 7. The minimum Gasteiger partial charge on any atom is -0.325 e. The van der Waals surface area contributed by atoms with Gasteiger partial charge in [0.05, 0.1) is 11.5 Å². The molecule has 25 heavy (non-hydrogen) atoms. The predicted octanol–water partition coefficient (Wildman–Crippen LogP) is 4.18. The van der Waals surface area contributed by atoms with E-state index in [0.717, 1.165) is 28.9 Å². The Morgan fingerprint density at radius 3 is 2.28 bits per heavy atom. The highest BCUT2D eigenvalue weighted by molar-refractivity contribution is 8.00. The van der Waals surface area contributed by atoms with Crippen LogP contribution in [0.3, 0.4) is 0 Å². The van der Waals surface area contributed by atoms with E-state index in [2.05, 4.69) is 17.6 Å². The number of aryl methyl sites for hydroxylation is 3. The fourth-order valence-corrected chi connectivity index (χ4v) is 3.01. The van der Waals surface area contributed by atoms with E-state index in [1.807, 2.05) is 56.3 Å². The molecule has 5 heteroatoms. The molecule has 0 bridgehead atoms. The summed E-state index contributed by atoms with van der Waals surface area (Å²) in [6.07, 6.45) is 0.863. The highest BCUT2D eigenvalue weighted by Gasteiger charge is 2.08. The molecule has 0 aliphatic carbocycles. The van der Waals surface area contributed by atoms with Gasteiger partial charge in [-0.3, -0.25) is 9.59 Å². The molecule has 0 saturated carbocycles. The zero-order valence-electron chi connectivity index (χ0n) is 14.9. The van der Waals surface area contributed by atoms with E-state index in [9.17, 15) is 9.59 Å². The average molecular weight is 356 g/mol. The second-order valence-electron chi connectivity index (χ2n) is 5.90. The molecule has 0 aliphatic heterocycles. The van der Waals surface area contributed by atoms with Crippen molar-refractivity contribution in [3.05, 3.63) is 59.2 Å². The first-order chi connectivity index (χ1) is 12.0. The number of hydrogen-bond donors (Lipinski definition) is 2. The maximum absolute atomic E-state index is 12.0. The maximum atomic E-state index is 12.0. The molecular formula is C20H24N2O2S. The molecule has 4 nitrogen and oxygen atoms in total. The summed E-state index contributed by atoms with van der Waals surface area (Å²) in [5.74, 6) is 0.300. The number of carbonyl (C=O) groups is 2. The molecule has 2 aromatic carbocycles. The smallest absolute Gasteiger partial charge is 0.234 e. The summed E-state index contributed by atoms with van der Waals surface area (Å²) >= 11 is 1.30. The highest BCUT2D eigenvalue weighted by atomic mass is 32.2. The zero-order valence-corrected chi connectivity index (χ0v) is 15.7. The largest absolute Gasteiger partial charge is 0.325 e. The van der Waals surface area contributed by atoms with Crippen LogP contribution in [0.2, 0.25) is 0 Å². The molecule has 0 radical (unpaired) electrons. The van der Waals surface area contributed by atoms with Gasteiger partial charge in [0.2, 0.25) is 11.8 Å². The summed E-state index contributed by atoms with van der Waals surface area (Å²) in [5.41, 5.74) is 5.06. The van der Waals surface area contributed by atoms with Crippen LogP contribution in [-0.2, 0) is 16.0 Å². The van der Waals surface area contributed by atoms with Gasteiger partial charge >= 0.3 is 0 Å². The first-order valence-electron chi connectivity index (χ1n) is 8.32. The molecule has 2 N–H and O–H groups in total. The van der Waals surface area contributed by atoms with E-state index in [1.54, 1.807) is 0 Å². The van der Waals surface area contributed by atoms with E-state index in [-0.39, 0.29) is 23.3 Å². The number of benzene rings is 2. The Hall–Kier alpha value is -2.27. The van der Waals surface area contributed by atoms with E-state index in [0.29, 0.717) is 0 Å². The highest BCUT2D eigenvalue weighted by Crippen LogP contribution is 2.17. The maximum Gasteiger partial charge on any atom is 0.234 e. The lowest BCUT2D eigenvalue weighted by Gasteiger charge is -2.10. The van der Waals surface area contributed by atoms with Crippen molar-refractivity contribution in [2.45, 2.75) is 27.2 Å². The molecule has 0 heterocycles.